The number of quaternary nitrogens is 1. The molecule has 0 aliphatic carbocycles. The van der Waals surface area contributed by atoms with Crippen LogP contribution in [-0.2, 0) is 9.59 Å². The third-order valence-electron chi connectivity index (χ3n) is 6.65. The fraction of sp³-hybridized carbons (Fsp3) is 0.913. The van der Waals surface area contributed by atoms with Gasteiger partial charge in [-0.25, -0.2) is 0 Å². The highest BCUT2D eigenvalue weighted by atomic mass is 16.4. The van der Waals surface area contributed by atoms with Gasteiger partial charge in [0.15, 0.2) is 5.54 Å². The molecule has 0 saturated carbocycles. The van der Waals surface area contributed by atoms with Gasteiger partial charge >= 0.3 is 5.97 Å². The van der Waals surface area contributed by atoms with E-state index in [1.807, 2.05) is 0 Å². The van der Waals surface area contributed by atoms with Crippen LogP contribution in [0.4, 0.5) is 0 Å². The van der Waals surface area contributed by atoms with Crippen LogP contribution in [0.1, 0.15) is 90.4 Å². The van der Waals surface area contributed by atoms with Gasteiger partial charge in [-0.3, -0.25) is 4.79 Å². The number of carbonyl (C=O) groups excluding carboxylic acids is 1. The van der Waals surface area contributed by atoms with Crippen LogP contribution in [0.15, 0.2) is 0 Å². The third-order valence-corrected chi connectivity index (χ3v) is 6.65. The average Bonchev–Trinajstić information content (AvgIpc) is 2.64. The summed E-state index contributed by atoms with van der Waals surface area (Å²) in [6.07, 6.45) is 10.5. The Morgan fingerprint density at radius 2 is 1.17 bits per heavy atom. The second-order valence-corrected chi connectivity index (χ2v) is 9.43. The minimum atomic E-state index is -1.81. The van der Waals surface area contributed by atoms with Crippen LogP contribution in [0.2, 0.25) is 0 Å². The van der Waals surface area contributed by atoms with Crippen LogP contribution < -0.4 is 5.11 Å². The predicted octanol–water partition coefficient (Wildman–Crippen LogP) is 2.33. The van der Waals surface area contributed by atoms with Crippen molar-refractivity contribution in [3.05, 3.63) is 0 Å². The van der Waals surface area contributed by atoms with E-state index in [1.54, 1.807) is 21.1 Å². The monoisotopic (exact) mass is 431 g/mol. The van der Waals surface area contributed by atoms with Crippen LogP contribution in [-0.4, -0.2) is 71.6 Å². The summed E-state index contributed by atoms with van der Waals surface area (Å²) in [4.78, 5) is 24.9. The number of rotatable bonds is 19. The summed E-state index contributed by atoms with van der Waals surface area (Å²) < 4.78 is -0.154. The zero-order valence-electron chi connectivity index (χ0n) is 19.6. The molecule has 0 aliphatic heterocycles. The van der Waals surface area contributed by atoms with Crippen molar-refractivity contribution in [3.8, 4) is 0 Å². The van der Waals surface area contributed by atoms with Crippen molar-refractivity contribution in [3.63, 3.8) is 0 Å². The first kappa shape index (κ1) is 28.8. The zero-order chi connectivity index (χ0) is 23.3. The molecule has 0 aromatic rings. The Morgan fingerprint density at radius 1 is 0.767 bits per heavy atom. The lowest BCUT2D eigenvalue weighted by Gasteiger charge is -2.55. The number of likely N-dealkylation sites (N-methyl/N-ethyl adjacent to an activating group) is 1. The summed E-state index contributed by atoms with van der Waals surface area (Å²) in [6.45, 7) is 1.25. The number of carboxylic acids is 2. The summed E-state index contributed by atoms with van der Waals surface area (Å²) in [5.41, 5.74) is -3.57. The van der Waals surface area contributed by atoms with E-state index < -0.39 is 36.1 Å². The highest BCUT2D eigenvalue weighted by Gasteiger charge is 2.64. The lowest BCUT2D eigenvalue weighted by atomic mass is 9.61. The van der Waals surface area contributed by atoms with Crippen molar-refractivity contribution >= 4 is 11.9 Å². The number of aliphatic carboxylic acids is 2. The minimum Gasteiger partial charge on any atom is -0.544 e. The van der Waals surface area contributed by atoms with E-state index in [9.17, 15) is 30.0 Å². The number of carbonyl (C=O) groups is 2. The first-order valence-electron chi connectivity index (χ1n) is 11.6. The van der Waals surface area contributed by atoms with Crippen LogP contribution in [0.5, 0.6) is 0 Å². The fourth-order valence-corrected chi connectivity index (χ4v) is 4.97. The molecule has 0 bridgehead atoms. The van der Waals surface area contributed by atoms with Gasteiger partial charge in [0, 0.05) is 19.6 Å². The first-order valence-corrected chi connectivity index (χ1v) is 11.6. The molecule has 0 heterocycles. The van der Waals surface area contributed by atoms with E-state index in [-0.39, 0.29) is 23.7 Å². The molecular formula is C23H45NO6. The molecular weight excluding hydrogens is 386 g/mol. The summed E-state index contributed by atoms with van der Waals surface area (Å²) in [5, 5.41) is 41.7. The van der Waals surface area contributed by atoms with E-state index in [0.29, 0.717) is 6.42 Å². The number of carboxylic acid groups (broad SMARTS) is 2. The van der Waals surface area contributed by atoms with Gasteiger partial charge in [0.1, 0.15) is 11.4 Å². The van der Waals surface area contributed by atoms with Crippen molar-refractivity contribution in [2.75, 3.05) is 34.4 Å². The normalized spacial score (nSPS) is 14.5. The second-order valence-electron chi connectivity index (χ2n) is 9.43. The summed E-state index contributed by atoms with van der Waals surface area (Å²) in [6, 6.07) is 0. The highest BCUT2D eigenvalue weighted by Crippen LogP contribution is 2.47. The van der Waals surface area contributed by atoms with E-state index >= 15 is 0 Å². The largest absolute Gasteiger partial charge is 0.544 e. The number of hydrogen-bond acceptors (Lipinski definition) is 5. The molecule has 3 N–H and O–H groups in total. The van der Waals surface area contributed by atoms with E-state index in [0.717, 1.165) is 19.3 Å². The van der Waals surface area contributed by atoms with Crippen LogP contribution >= 0.6 is 0 Å². The zero-order valence-corrected chi connectivity index (χ0v) is 19.6. The molecule has 0 aromatic heterocycles. The van der Waals surface area contributed by atoms with Gasteiger partial charge in [0.25, 0.3) is 0 Å². The third kappa shape index (κ3) is 7.20. The predicted molar refractivity (Wildman–Crippen MR) is 116 cm³/mol. The molecule has 0 rings (SSSR count). The van der Waals surface area contributed by atoms with Crippen LogP contribution in [0.3, 0.4) is 0 Å². The minimum absolute atomic E-state index is 0.127. The Morgan fingerprint density at radius 3 is 1.47 bits per heavy atom. The smallest absolute Gasteiger partial charge is 0.316 e. The van der Waals surface area contributed by atoms with E-state index in [1.165, 1.54) is 38.5 Å². The van der Waals surface area contributed by atoms with Gasteiger partial charge < -0.3 is 29.7 Å². The Hall–Kier alpha value is -1.18. The van der Waals surface area contributed by atoms with Crippen LogP contribution in [0, 0.1) is 5.41 Å². The number of nitrogens with zero attached hydrogens (tertiary/aromatic N) is 1. The number of unbranched alkanes of at least 4 members (excludes halogenated alkanes) is 9. The molecule has 0 amide bonds. The van der Waals surface area contributed by atoms with Gasteiger partial charge in [-0.15, -0.1) is 0 Å². The van der Waals surface area contributed by atoms with Crippen LogP contribution in [0.25, 0.3) is 0 Å². The highest BCUT2D eigenvalue weighted by molar-refractivity contribution is 5.88. The maximum absolute atomic E-state index is 12.5. The SMILES string of the molecule is CCCCCCCCCCCCC(C(=O)[O-])(C(CCO)(CCO)C(=O)O)[N+](C)(C)C. The molecule has 0 spiro atoms. The second kappa shape index (κ2) is 14.0. The van der Waals surface area contributed by atoms with Gasteiger partial charge in [-0.2, -0.15) is 0 Å². The molecule has 7 nitrogen and oxygen atoms in total. The van der Waals surface area contributed by atoms with Crippen molar-refractivity contribution in [2.24, 2.45) is 5.41 Å². The maximum atomic E-state index is 12.5. The molecule has 0 fully saturated rings. The molecule has 0 radical (unpaired) electrons. The maximum Gasteiger partial charge on any atom is 0.316 e. The lowest BCUT2D eigenvalue weighted by Crippen LogP contribution is -2.75. The molecule has 1 unspecified atom stereocenters. The lowest BCUT2D eigenvalue weighted by molar-refractivity contribution is -0.924. The van der Waals surface area contributed by atoms with E-state index in [4.69, 9.17) is 0 Å². The van der Waals surface area contributed by atoms with E-state index in [2.05, 4.69) is 6.92 Å². The summed E-state index contributed by atoms with van der Waals surface area (Å²) in [7, 11) is 4.95. The first-order chi connectivity index (χ1) is 14.1. The fourth-order valence-electron chi connectivity index (χ4n) is 4.97. The molecule has 178 valence electrons. The Balaban J connectivity index is 5.28. The summed E-state index contributed by atoms with van der Waals surface area (Å²) >= 11 is 0. The molecule has 7 heteroatoms. The molecule has 1 atom stereocenters. The standard InChI is InChI=1S/C23H45NO6/c1-5-6-7-8-9-10-11-12-13-14-15-23(21(29)30,24(2,3)4)22(16-18-25,17-19-26)20(27)28/h25-26H,5-19H2,1-4H3,(H-,27,28,29,30). The van der Waals surface area contributed by atoms with Crippen molar-refractivity contribution in [2.45, 2.75) is 95.9 Å². The van der Waals surface area contributed by atoms with Crippen molar-refractivity contribution in [1.29, 1.82) is 0 Å². The Bertz CT molecular complexity index is 496. The number of hydrogen-bond donors (Lipinski definition) is 3. The molecule has 0 aliphatic rings. The molecule has 0 aromatic carbocycles. The van der Waals surface area contributed by atoms with Gasteiger partial charge in [0.05, 0.1) is 21.1 Å². The van der Waals surface area contributed by atoms with Crippen molar-refractivity contribution in [1.82, 2.24) is 0 Å². The summed E-state index contributed by atoms with van der Waals surface area (Å²) in [5.74, 6) is -2.75. The van der Waals surface area contributed by atoms with Gasteiger partial charge in [-0.05, 0) is 19.3 Å². The van der Waals surface area contributed by atoms with Crippen molar-refractivity contribution < 1.29 is 34.5 Å². The average molecular weight is 432 g/mol. The molecule has 0 saturated heterocycles. The quantitative estimate of drug-likeness (QED) is 0.213. The Labute approximate surface area is 182 Å². The van der Waals surface area contributed by atoms with Gasteiger partial charge in [0.2, 0.25) is 0 Å². The number of aliphatic hydroxyl groups is 2. The Kier molecular flexibility index (Phi) is 13.4. The van der Waals surface area contributed by atoms with Gasteiger partial charge in [-0.1, -0.05) is 64.7 Å². The number of aliphatic hydroxyl groups excluding tert-OH is 2. The topological polar surface area (TPSA) is 118 Å². The molecule has 30 heavy (non-hydrogen) atoms.